The van der Waals surface area contributed by atoms with Crippen LogP contribution in [0.15, 0.2) is 28.9 Å². The third-order valence-electron chi connectivity index (χ3n) is 2.68. The second-order valence-corrected chi connectivity index (χ2v) is 5.72. The van der Waals surface area contributed by atoms with Gasteiger partial charge in [0.2, 0.25) is 0 Å². The summed E-state index contributed by atoms with van der Waals surface area (Å²) < 4.78 is 24.0. The molecule has 0 saturated carbocycles. The Morgan fingerprint density at radius 2 is 2.10 bits per heavy atom. The van der Waals surface area contributed by atoms with Gasteiger partial charge >= 0.3 is 6.08 Å². The number of nitrogens with zero attached hydrogens (tertiary/aromatic N) is 1. The van der Waals surface area contributed by atoms with E-state index < -0.39 is 0 Å². The number of hydrogen-bond donors (Lipinski definition) is 1. The van der Waals surface area contributed by atoms with E-state index in [1.165, 1.54) is 12.3 Å². The van der Waals surface area contributed by atoms with Gasteiger partial charge in [-0.2, -0.15) is 4.98 Å². The molecule has 0 fully saturated rings. The Labute approximate surface area is 118 Å². The number of aromatic nitrogens is 1. The number of halogens is 1. The van der Waals surface area contributed by atoms with Crippen molar-refractivity contribution in [3.63, 3.8) is 0 Å². The Morgan fingerprint density at radius 1 is 1.35 bits per heavy atom. The van der Waals surface area contributed by atoms with E-state index >= 15 is 0 Å². The van der Waals surface area contributed by atoms with E-state index in [-0.39, 0.29) is 17.4 Å². The monoisotopic (exact) mass is 278 g/mol. The number of ether oxygens (including phenoxy) is 1. The molecule has 0 aliphatic heterocycles. The molecule has 0 bridgehead atoms. The molecule has 0 saturated heterocycles. The molecule has 1 N–H and O–H groups in total. The molecular formula is C15H19FN2O2. The third kappa shape index (κ3) is 4.06. The number of rotatable bonds is 4. The van der Waals surface area contributed by atoms with Crippen LogP contribution in [0, 0.1) is 12.7 Å². The third-order valence-corrected chi connectivity index (χ3v) is 2.68. The largest absolute Gasteiger partial charge is 0.417 e. The molecule has 0 amide bonds. The smallest absolute Gasteiger partial charge is 0.399 e. The van der Waals surface area contributed by atoms with Crippen molar-refractivity contribution in [2.24, 2.45) is 0 Å². The molecule has 1 heterocycles. The summed E-state index contributed by atoms with van der Waals surface area (Å²) in [7, 11) is 0. The summed E-state index contributed by atoms with van der Waals surface area (Å²) in [5, 5.41) is 3.29. The minimum Gasteiger partial charge on any atom is -0.417 e. The molecule has 1 aromatic heterocycles. The highest BCUT2D eigenvalue weighted by molar-refractivity contribution is 5.29. The van der Waals surface area contributed by atoms with Gasteiger partial charge in [-0.25, -0.2) is 4.39 Å². The van der Waals surface area contributed by atoms with E-state index in [1.54, 1.807) is 19.1 Å². The standard InChI is InChI=1S/C15H19FN2O2/c1-10-5-6-12(7-13(10)16)20-14-18-11(9-19-14)8-17-15(2,3)4/h5-7,9,17H,8H2,1-4H3. The minimum atomic E-state index is -0.316. The Hall–Kier alpha value is -1.88. The van der Waals surface area contributed by atoms with E-state index in [9.17, 15) is 4.39 Å². The topological polar surface area (TPSA) is 47.3 Å². The van der Waals surface area contributed by atoms with Crippen LogP contribution in [0.4, 0.5) is 4.39 Å². The second kappa shape index (κ2) is 5.63. The zero-order valence-electron chi connectivity index (χ0n) is 12.2. The van der Waals surface area contributed by atoms with Crippen molar-refractivity contribution in [1.29, 1.82) is 0 Å². The Balaban J connectivity index is 2.00. The van der Waals surface area contributed by atoms with Gasteiger partial charge in [0.1, 0.15) is 17.8 Å². The van der Waals surface area contributed by atoms with Crippen LogP contribution in [0.2, 0.25) is 0 Å². The first-order valence-electron chi connectivity index (χ1n) is 6.47. The fourth-order valence-corrected chi connectivity index (χ4v) is 1.51. The van der Waals surface area contributed by atoms with Gasteiger partial charge in [-0.15, -0.1) is 0 Å². The zero-order chi connectivity index (χ0) is 14.8. The zero-order valence-corrected chi connectivity index (χ0v) is 12.2. The van der Waals surface area contributed by atoms with Crippen LogP contribution in [0.5, 0.6) is 11.8 Å². The highest BCUT2D eigenvalue weighted by Crippen LogP contribution is 2.22. The van der Waals surface area contributed by atoms with Crippen LogP contribution in [-0.2, 0) is 6.54 Å². The average molecular weight is 278 g/mol. The van der Waals surface area contributed by atoms with Crippen LogP contribution in [0.1, 0.15) is 32.0 Å². The van der Waals surface area contributed by atoms with Crippen LogP contribution < -0.4 is 10.1 Å². The molecular weight excluding hydrogens is 259 g/mol. The SMILES string of the molecule is Cc1ccc(Oc2nc(CNC(C)(C)C)co2)cc1F. The highest BCUT2D eigenvalue weighted by Gasteiger charge is 2.12. The van der Waals surface area contributed by atoms with Gasteiger partial charge in [0.05, 0.1) is 5.69 Å². The molecule has 1 aromatic carbocycles. The number of nitrogens with one attached hydrogen (secondary N) is 1. The van der Waals surface area contributed by atoms with Gasteiger partial charge in [0.25, 0.3) is 0 Å². The molecule has 2 rings (SSSR count). The van der Waals surface area contributed by atoms with Crippen molar-refractivity contribution in [3.05, 3.63) is 41.5 Å². The van der Waals surface area contributed by atoms with Gasteiger partial charge < -0.3 is 14.5 Å². The molecule has 0 aliphatic rings. The number of aryl methyl sites for hydroxylation is 1. The van der Waals surface area contributed by atoms with Crippen molar-refractivity contribution < 1.29 is 13.5 Å². The lowest BCUT2D eigenvalue weighted by atomic mass is 10.1. The van der Waals surface area contributed by atoms with Crippen molar-refractivity contribution in [2.45, 2.75) is 39.8 Å². The van der Waals surface area contributed by atoms with Crippen LogP contribution in [0.25, 0.3) is 0 Å². The van der Waals surface area contributed by atoms with E-state index in [4.69, 9.17) is 9.15 Å². The maximum absolute atomic E-state index is 13.4. The first-order valence-corrected chi connectivity index (χ1v) is 6.47. The number of benzene rings is 1. The molecule has 0 radical (unpaired) electrons. The van der Waals surface area contributed by atoms with E-state index in [2.05, 4.69) is 31.1 Å². The predicted molar refractivity (Wildman–Crippen MR) is 74.3 cm³/mol. The summed E-state index contributed by atoms with van der Waals surface area (Å²) in [6, 6.07) is 4.64. The highest BCUT2D eigenvalue weighted by atomic mass is 19.1. The fourth-order valence-electron chi connectivity index (χ4n) is 1.51. The summed E-state index contributed by atoms with van der Waals surface area (Å²) in [6.07, 6.45) is 1.64. The second-order valence-electron chi connectivity index (χ2n) is 5.72. The van der Waals surface area contributed by atoms with Gasteiger partial charge in [0, 0.05) is 18.2 Å². The maximum Gasteiger partial charge on any atom is 0.399 e. The lowest BCUT2D eigenvalue weighted by molar-refractivity contribution is 0.329. The van der Waals surface area contributed by atoms with Gasteiger partial charge in [-0.1, -0.05) is 6.07 Å². The van der Waals surface area contributed by atoms with E-state index in [0.717, 1.165) is 5.69 Å². The van der Waals surface area contributed by atoms with Crippen LogP contribution >= 0.6 is 0 Å². The molecule has 20 heavy (non-hydrogen) atoms. The first kappa shape index (κ1) is 14.5. The van der Waals surface area contributed by atoms with Gasteiger partial charge in [0.15, 0.2) is 0 Å². The maximum atomic E-state index is 13.4. The fraction of sp³-hybridized carbons (Fsp3) is 0.400. The number of hydrogen-bond acceptors (Lipinski definition) is 4. The predicted octanol–water partition coefficient (Wildman–Crippen LogP) is 3.80. The lowest BCUT2D eigenvalue weighted by Gasteiger charge is -2.19. The van der Waals surface area contributed by atoms with Crippen LogP contribution in [-0.4, -0.2) is 10.5 Å². The van der Waals surface area contributed by atoms with Crippen molar-refractivity contribution in [2.75, 3.05) is 0 Å². The Bertz CT molecular complexity index is 588. The summed E-state index contributed by atoms with van der Waals surface area (Å²) in [5.74, 6) is 0.0500. The molecule has 0 aliphatic carbocycles. The summed E-state index contributed by atoms with van der Waals surface area (Å²) >= 11 is 0. The summed E-state index contributed by atoms with van der Waals surface area (Å²) in [6.45, 7) is 8.48. The molecule has 108 valence electrons. The van der Waals surface area contributed by atoms with Gasteiger partial charge in [-0.3, -0.25) is 0 Å². The van der Waals surface area contributed by atoms with Crippen molar-refractivity contribution >= 4 is 0 Å². The summed E-state index contributed by atoms with van der Waals surface area (Å²) in [5.41, 5.74) is 1.31. The molecule has 5 heteroatoms. The molecule has 0 atom stereocenters. The quantitative estimate of drug-likeness (QED) is 0.924. The van der Waals surface area contributed by atoms with E-state index in [1.807, 2.05) is 0 Å². The normalized spacial score (nSPS) is 11.7. The van der Waals surface area contributed by atoms with E-state index in [0.29, 0.717) is 17.9 Å². The Kier molecular flexibility index (Phi) is 4.09. The van der Waals surface area contributed by atoms with Crippen molar-refractivity contribution in [3.8, 4) is 11.8 Å². The first-order chi connectivity index (χ1) is 9.33. The van der Waals surface area contributed by atoms with Crippen LogP contribution in [0.3, 0.4) is 0 Å². The minimum absolute atomic E-state index is 0.0000555. The number of oxazole rings is 1. The molecule has 2 aromatic rings. The summed E-state index contributed by atoms with van der Waals surface area (Å²) in [4.78, 5) is 4.19. The average Bonchev–Trinajstić information content (AvgIpc) is 2.78. The lowest BCUT2D eigenvalue weighted by Crippen LogP contribution is -2.35. The molecule has 4 nitrogen and oxygen atoms in total. The Morgan fingerprint density at radius 3 is 2.75 bits per heavy atom. The molecule has 0 unspecified atom stereocenters. The molecule has 0 spiro atoms. The van der Waals surface area contributed by atoms with Crippen molar-refractivity contribution in [1.82, 2.24) is 10.3 Å². The van der Waals surface area contributed by atoms with Gasteiger partial charge in [-0.05, 0) is 39.3 Å².